The monoisotopic (exact) mass is 324 g/mol. The molecule has 1 amide bonds. The number of anilines is 1. The summed E-state index contributed by atoms with van der Waals surface area (Å²) in [4.78, 5) is 16.2. The molecule has 3 nitrogen and oxygen atoms in total. The average Bonchev–Trinajstić information content (AvgIpc) is 2.42. The first kappa shape index (κ1) is 14.4. The fourth-order valence-corrected chi connectivity index (χ4v) is 2.66. The fourth-order valence-electron chi connectivity index (χ4n) is 2.41. The summed E-state index contributed by atoms with van der Waals surface area (Å²) < 4.78 is 1.15. The van der Waals surface area contributed by atoms with Gasteiger partial charge in [-0.3, -0.25) is 4.79 Å². The third kappa shape index (κ3) is 3.50. The Labute approximate surface area is 123 Å². The maximum absolute atomic E-state index is 11.8. The van der Waals surface area contributed by atoms with Gasteiger partial charge in [-0.2, -0.15) is 0 Å². The second-order valence-corrected chi connectivity index (χ2v) is 5.91. The van der Waals surface area contributed by atoms with Crippen molar-refractivity contribution in [1.29, 1.82) is 0 Å². The Balaban J connectivity index is 1.96. The molecule has 104 valence electrons. The van der Waals surface area contributed by atoms with E-state index >= 15 is 0 Å². The summed E-state index contributed by atoms with van der Waals surface area (Å²) in [6.07, 6.45) is 1.61. The zero-order chi connectivity index (χ0) is 13.8. The topological polar surface area (TPSA) is 23.6 Å². The van der Waals surface area contributed by atoms with Gasteiger partial charge < -0.3 is 9.80 Å². The maximum atomic E-state index is 11.8. The summed E-state index contributed by atoms with van der Waals surface area (Å²) in [5, 5.41) is 0. The summed E-state index contributed by atoms with van der Waals surface area (Å²) in [6.45, 7) is 7.70. The number of amides is 1. The van der Waals surface area contributed by atoms with E-state index in [1.165, 1.54) is 11.3 Å². The molecular weight excluding hydrogens is 304 g/mol. The molecule has 0 saturated carbocycles. The van der Waals surface area contributed by atoms with Crippen LogP contribution >= 0.6 is 15.9 Å². The van der Waals surface area contributed by atoms with E-state index < -0.39 is 0 Å². The molecule has 0 N–H and O–H groups in total. The second-order valence-electron chi connectivity index (χ2n) is 5.05. The summed E-state index contributed by atoms with van der Waals surface area (Å²) in [5.41, 5.74) is 2.50. The molecule has 0 radical (unpaired) electrons. The SMILES string of the molecule is CCCC(=O)N1CCN(c2ccc(Br)c(C)c2)CC1. The number of nitrogens with zero attached hydrogens (tertiary/aromatic N) is 2. The molecule has 1 aromatic rings. The highest BCUT2D eigenvalue weighted by molar-refractivity contribution is 9.10. The van der Waals surface area contributed by atoms with Crippen LogP contribution in [0.4, 0.5) is 5.69 Å². The Morgan fingerprint density at radius 1 is 1.26 bits per heavy atom. The summed E-state index contributed by atoms with van der Waals surface area (Å²) in [5.74, 6) is 0.300. The minimum Gasteiger partial charge on any atom is -0.368 e. The molecule has 19 heavy (non-hydrogen) atoms. The highest BCUT2D eigenvalue weighted by atomic mass is 79.9. The van der Waals surface area contributed by atoms with Crippen molar-refractivity contribution in [2.45, 2.75) is 26.7 Å². The zero-order valence-electron chi connectivity index (χ0n) is 11.7. The van der Waals surface area contributed by atoms with Crippen molar-refractivity contribution < 1.29 is 4.79 Å². The third-order valence-electron chi connectivity index (χ3n) is 3.60. The molecule has 1 aliphatic rings. The molecule has 1 aromatic carbocycles. The smallest absolute Gasteiger partial charge is 0.222 e. The minimum absolute atomic E-state index is 0.300. The van der Waals surface area contributed by atoms with Gasteiger partial charge in [0.2, 0.25) is 5.91 Å². The Morgan fingerprint density at radius 2 is 1.95 bits per heavy atom. The number of carbonyl (C=O) groups is 1. The number of piperazine rings is 1. The Kier molecular flexibility index (Phi) is 4.86. The van der Waals surface area contributed by atoms with Crippen LogP contribution in [0.3, 0.4) is 0 Å². The van der Waals surface area contributed by atoms with Gasteiger partial charge in [0.05, 0.1) is 0 Å². The van der Waals surface area contributed by atoms with Gasteiger partial charge in [-0.05, 0) is 37.1 Å². The van der Waals surface area contributed by atoms with E-state index in [2.05, 4.69) is 52.9 Å². The van der Waals surface area contributed by atoms with Crippen LogP contribution in [-0.2, 0) is 4.79 Å². The maximum Gasteiger partial charge on any atom is 0.222 e. The van der Waals surface area contributed by atoms with Gasteiger partial charge in [-0.1, -0.05) is 22.9 Å². The van der Waals surface area contributed by atoms with Crippen molar-refractivity contribution in [2.75, 3.05) is 31.1 Å². The van der Waals surface area contributed by atoms with Gasteiger partial charge in [-0.15, -0.1) is 0 Å². The number of aryl methyl sites for hydroxylation is 1. The number of hydrogen-bond acceptors (Lipinski definition) is 2. The molecule has 0 bridgehead atoms. The second kappa shape index (κ2) is 6.42. The van der Waals surface area contributed by atoms with E-state index in [1.807, 2.05) is 4.90 Å². The number of benzene rings is 1. The third-order valence-corrected chi connectivity index (χ3v) is 4.49. The predicted octanol–water partition coefficient (Wildman–Crippen LogP) is 3.21. The summed E-state index contributed by atoms with van der Waals surface area (Å²) in [7, 11) is 0. The van der Waals surface area contributed by atoms with Crippen LogP contribution < -0.4 is 4.90 Å². The Morgan fingerprint density at radius 3 is 2.53 bits per heavy atom. The summed E-state index contributed by atoms with van der Waals surface area (Å²) in [6, 6.07) is 6.44. The van der Waals surface area contributed by atoms with Crippen molar-refractivity contribution in [3.63, 3.8) is 0 Å². The van der Waals surface area contributed by atoms with Gasteiger partial charge in [0.25, 0.3) is 0 Å². The van der Waals surface area contributed by atoms with E-state index in [4.69, 9.17) is 0 Å². The van der Waals surface area contributed by atoms with Crippen molar-refractivity contribution >= 4 is 27.5 Å². The molecule has 0 atom stereocenters. The van der Waals surface area contributed by atoms with Crippen LogP contribution in [-0.4, -0.2) is 37.0 Å². The van der Waals surface area contributed by atoms with Crippen molar-refractivity contribution in [2.24, 2.45) is 0 Å². The lowest BCUT2D eigenvalue weighted by Gasteiger charge is -2.36. The largest absolute Gasteiger partial charge is 0.368 e. The lowest BCUT2D eigenvalue weighted by Crippen LogP contribution is -2.48. The molecule has 1 aliphatic heterocycles. The molecule has 1 fully saturated rings. The van der Waals surface area contributed by atoms with E-state index in [0.717, 1.165) is 37.1 Å². The minimum atomic E-state index is 0.300. The van der Waals surface area contributed by atoms with Gasteiger partial charge in [0.1, 0.15) is 0 Å². The molecule has 4 heteroatoms. The predicted molar refractivity (Wildman–Crippen MR) is 82.6 cm³/mol. The molecule has 1 heterocycles. The van der Waals surface area contributed by atoms with E-state index in [1.54, 1.807) is 0 Å². The van der Waals surface area contributed by atoms with Gasteiger partial charge in [-0.25, -0.2) is 0 Å². The van der Waals surface area contributed by atoms with Crippen LogP contribution in [0, 0.1) is 6.92 Å². The Hall–Kier alpha value is -1.03. The number of carbonyl (C=O) groups excluding carboxylic acids is 1. The fraction of sp³-hybridized carbons (Fsp3) is 0.533. The van der Waals surface area contributed by atoms with Crippen LogP contribution in [0.2, 0.25) is 0 Å². The molecule has 1 saturated heterocycles. The van der Waals surface area contributed by atoms with Crippen molar-refractivity contribution in [3.05, 3.63) is 28.2 Å². The normalized spacial score (nSPS) is 15.7. The molecule has 0 aromatic heterocycles. The van der Waals surface area contributed by atoms with E-state index in [-0.39, 0.29) is 0 Å². The quantitative estimate of drug-likeness (QED) is 0.852. The highest BCUT2D eigenvalue weighted by Crippen LogP contribution is 2.23. The average molecular weight is 325 g/mol. The summed E-state index contributed by atoms with van der Waals surface area (Å²) >= 11 is 3.53. The lowest BCUT2D eigenvalue weighted by atomic mass is 10.2. The van der Waals surface area contributed by atoms with Crippen molar-refractivity contribution in [3.8, 4) is 0 Å². The first-order valence-corrected chi connectivity index (χ1v) is 7.70. The molecule has 2 rings (SSSR count). The van der Waals surface area contributed by atoms with Gasteiger partial charge >= 0.3 is 0 Å². The van der Waals surface area contributed by atoms with Gasteiger partial charge in [0, 0.05) is 42.8 Å². The molecule has 0 aliphatic carbocycles. The van der Waals surface area contributed by atoms with Gasteiger partial charge in [0.15, 0.2) is 0 Å². The highest BCUT2D eigenvalue weighted by Gasteiger charge is 2.20. The Bertz CT molecular complexity index is 453. The van der Waals surface area contributed by atoms with Crippen LogP contribution in [0.5, 0.6) is 0 Å². The first-order chi connectivity index (χ1) is 9.11. The number of hydrogen-bond donors (Lipinski definition) is 0. The van der Waals surface area contributed by atoms with Crippen LogP contribution in [0.1, 0.15) is 25.3 Å². The van der Waals surface area contributed by atoms with E-state index in [0.29, 0.717) is 12.3 Å². The number of rotatable bonds is 3. The number of halogens is 1. The lowest BCUT2D eigenvalue weighted by molar-refractivity contribution is -0.131. The van der Waals surface area contributed by atoms with Crippen LogP contribution in [0.15, 0.2) is 22.7 Å². The molecular formula is C15H21BrN2O. The first-order valence-electron chi connectivity index (χ1n) is 6.90. The standard InChI is InChI=1S/C15H21BrN2O/c1-3-4-15(19)18-9-7-17(8-10-18)13-5-6-14(16)12(2)11-13/h5-6,11H,3-4,7-10H2,1-2H3. The molecule has 0 spiro atoms. The van der Waals surface area contributed by atoms with Crippen molar-refractivity contribution in [1.82, 2.24) is 4.90 Å². The zero-order valence-corrected chi connectivity index (χ0v) is 13.2. The van der Waals surface area contributed by atoms with Crippen LogP contribution in [0.25, 0.3) is 0 Å². The molecule has 0 unspecified atom stereocenters. The van der Waals surface area contributed by atoms with E-state index in [9.17, 15) is 4.79 Å².